The minimum Gasteiger partial charge on any atom is -0.381 e. The molecule has 6 nitrogen and oxygen atoms in total. The monoisotopic (exact) mass is 1990 g/mol. The van der Waals surface area contributed by atoms with Crippen LogP contribution in [0.5, 0.6) is 0 Å². The predicted molar refractivity (Wildman–Crippen MR) is 644 cm³/mol. The third-order valence-electron chi connectivity index (χ3n) is 32.6. The third kappa shape index (κ3) is 60.5. The van der Waals surface area contributed by atoms with E-state index in [0.717, 1.165) is 128 Å². The Labute approximate surface area is 881 Å². The molecule has 9 fully saturated rings. The van der Waals surface area contributed by atoms with Crippen molar-refractivity contribution in [1.82, 2.24) is 16.0 Å². The zero-order valence-corrected chi connectivity index (χ0v) is 108. The van der Waals surface area contributed by atoms with E-state index in [-0.39, 0.29) is 5.60 Å². The maximum absolute atomic E-state index is 5.99. The molecule has 3 N–H and O–H groups in total. The van der Waals surface area contributed by atoms with Crippen molar-refractivity contribution in [2.24, 2.45) is 139 Å². The molecule has 0 radical (unpaired) electrons. The van der Waals surface area contributed by atoms with Crippen LogP contribution in [-0.2, 0) is 14.2 Å². The Balaban J connectivity index is -0.000000184. The average Bonchev–Trinajstić information content (AvgIpc) is 1.34. The molecular weight excluding hydrogens is 1710 g/mol. The second-order valence-corrected chi connectivity index (χ2v) is 52.7. The highest BCUT2D eigenvalue weighted by Crippen LogP contribution is 2.52. The maximum Gasteiger partial charge on any atom is 0.0728 e. The predicted octanol–water partition coefficient (Wildman–Crippen LogP) is 42.3. The first kappa shape index (κ1) is 154. The van der Waals surface area contributed by atoms with Crippen molar-refractivity contribution in [2.45, 2.75) is 589 Å². The quantitative estimate of drug-likeness (QED) is 0.125. The Hall–Kier alpha value is 0.810. The van der Waals surface area contributed by atoms with Crippen molar-refractivity contribution < 1.29 is 14.2 Å². The van der Waals surface area contributed by atoms with E-state index in [2.05, 4.69) is 425 Å². The van der Waals surface area contributed by atoms with Crippen LogP contribution in [-0.4, -0.2) is 110 Å². The van der Waals surface area contributed by atoms with E-state index >= 15 is 0 Å². The number of nitrogens with one attached hydrogen (secondary N) is 3. The van der Waals surface area contributed by atoms with Gasteiger partial charge in [0.25, 0.3) is 0 Å². The SMILES string of the molecule is CC(C)C1(C(C)C)CCCCN1.CC(C)C1(C(C)C)CCCCO1.CC(C)C1(C(C)C)CCCCS1.CC(C)C1(C(C)C)CCCNC1.CC(C)C1(C(C)C)CCCNCC1.CC(C)C1(C(C)C)CCCOC1.CC(C)C1(C(C)C)CCCSC1.CC(C)C1(C(C)C)CCOCC1.CC(C)C1(C(C)C)CCSCC1.CCC.CCC.CCC.CCC.CCC.CCC.CCC.CCC.CCC. The molecule has 0 aliphatic carbocycles. The molecule has 0 unspecified atom stereocenters. The van der Waals surface area contributed by atoms with Crippen LogP contribution in [0.3, 0.4) is 0 Å². The molecule has 0 spiro atoms. The summed E-state index contributed by atoms with van der Waals surface area (Å²) >= 11 is 6.52. The van der Waals surface area contributed by atoms with Crippen molar-refractivity contribution in [3.8, 4) is 0 Å². The fraction of sp³-hybridized carbons (Fsp3) is 1.00. The summed E-state index contributed by atoms with van der Waals surface area (Å²) < 4.78 is 17.6. The van der Waals surface area contributed by atoms with E-state index in [0.29, 0.717) is 54.6 Å². The molecule has 136 heavy (non-hydrogen) atoms. The summed E-state index contributed by atoms with van der Waals surface area (Å²) in [6, 6.07) is 0. The highest BCUT2D eigenvalue weighted by Gasteiger charge is 2.46. The lowest BCUT2D eigenvalue weighted by Gasteiger charge is -2.45. The van der Waals surface area contributed by atoms with Gasteiger partial charge in [0.1, 0.15) is 0 Å². The molecule has 0 aromatic heterocycles. The van der Waals surface area contributed by atoms with Gasteiger partial charge >= 0.3 is 0 Å². The van der Waals surface area contributed by atoms with Gasteiger partial charge in [0.05, 0.1) is 12.2 Å². The van der Waals surface area contributed by atoms with Gasteiger partial charge in [-0.2, -0.15) is 35.3 Å². The molecule has 0 bridgehead atoms. The lowest BCUT2D eigenvalue weighted by Crippen LogP contribution is -2.56. The largest absolute Gasteiger partial charge is 0.381 e. The minimum absolute atomic E-state index is 0.179. The highest BCUT2D eigenvalue weighted by molar-refractivity contribution is 8.00. The molecular formula is C127H275N3O3S3. The van der Waals surface area contributed by atoms with Gasteiger partial charge in [-0.25, -0.2) is 0 Å². The standard InChI is InChI=1S/C12H25N.2C11H23N.3C11H22O.3C11H22S.9C3H8/c1-10(2)12(11(3)4)6-5-8-13-9-7-12;1-9(2)11(10(3)4)6-5-7-12-8-11;1-9(2)11(10(3)4)7-5-6-8-12-11;1-9(2)11(10(3)4)5-7-12-8-6-11;1-9(2)11(10(3)4)6-5-7-12-8-11;1-9(2)11(10(3)4)7-5-6-8-12-11;1-9(2)11(10(3)4)5-7-12-8-6-11;1-9(2)11(10(3)4)6-5-7-12-8-11;1-9(2)11(10(3)4)7-5-6-8-12-11;9*1-3-2/h10-11,13H,5-9H2,1-4H3;2*9-10,12H,5-8H2,1-4H3;6*9-10H,5-8H2,1-4H3;9*3H2,1-2H3. The summed E-state index contributed by atoms with van der Waals surface area (Å²) in [6.45, 7) is 134. The Morgan fingerprint density at radius 2 is 0.559 bits per heavy atom. The molecule has 9 aliphatic heterocycles. The zero-order valence-electron chi connectivity index (χ0n) is 105. The van der Waals surface area contributed by atoms with Crippen LogP contribution >= 0.6 is 35.3 Å². The normalized spacial score (nSPS) is 20.0. The summed E-state index contributed by atoms with van der Waals surface area (Å²) in [4.78, 5) is 0. The molecule has 0 aromatic rings. The number of piperidine rings is 2. The van der Waals surface area contributed by atoms with Gasteiger partial charge in [-0.3, -0.25) is 0 Å². The molecule has 834 valence electrons. The molecule has 0 aromatic carbocycles. The summed E-state index contributed by atoms with van der Waals surface area (Å²) in [5, 5.41) is 10.8. The van der Waals surface area contributed by atoms with E-state index in [9.17, 15) is 0 Å². The lowest BCUT2D eigenvalue weighted by atomic mass is 9.64. The van der Waals surface area contributed by atoms with E-state index in [1.807, 2.05) is 0 Å². The van der Waals surface area contributed by atoms with Gasteiger partial charge in [-0.05, 0) is 322 Å². The van der Waals surface area contributed by atoms with E-state index in [1.165, 1.54) is 261 Å². The second-order valence-electron chi connectivity index (χ2n) is 48.9. The zero-order chi connectivity index (χ0) is 108. The molecule has 9 aliphatic rings. The topological polar surface area (TPSA) is 63.8 Å². The second kappa shape index (κ2) is 92.0. The van der Waals surface area contributed by atoms with Crippen LogP contribution in [0.25, 0.3) is 0 Å². The van der Waals surface area contributed by atoms with Gasteiger partial charge in [-0.1, -0.05) is 445 Å². The van der Waals surface area contributed by atoms with Crippen molar-refractivity contribution in [3.63, 3.8) is 0 Å². The summed E-state index contributed by atoms with van der Waals surface area (Å²) in [6.07, 6.45) is 41.3. The highest BCUT2D eigenvalue weighted by atomic mass is 32.2. The van der Waals surface area contributed by atoms with E-state index in [1.54, 1.807) is 0 Å². The average molecular weight is 1990 g/mol. The van der Waals surface area contributed by atoms with Gasteiger partial charge < -0.3 is 30.2 Å². The Morgan fingerprint density at radius 3 is 0.787 bits per heavy atom. The molecule has 9 heterocycles. The van der Waals surface area contributed by atoms with Crippen LogP contribution in [0.1, 0.15) is 573 Å². The molecule has 0 saturated carbocycles. The fourth-order valence-electron chi connectivity index (χ4n) is 22.9. The van der Waals surface area contributed by atoms with Crippen LogP contribution in [0.15, 0.2) is 0 Å². The van der Waals surface area contributed by atoms with Crippen molar-refractivity contribution >= 4 is 35.3 Å². The molecule has 0 amide bonds. The summed E-state index contributed by atoms with van der Waals surface area (Å²) in [5.41, 5.74) is 4.09. The van der Waals surface area contributed by atoms with Crippen LogP contribution in [0.2, 0.25) is 0 Å². The number of thioether (sulfide) groups is 3. The van der Waals surface area contributed by atoms with Crippen molar-refractivity contribution in [1.29, 1.82) is 0 Å². The molecule has 9 heteroatoms. The van der Waals surface area contributed by atoms with E-state index < -0.39 is 0 Å². The van der Waals surface area contributed by atoms with Crippen LogP contribution < -0.4 is 16.0 Å². The summed E-state index contributed by atoms with van der Waals surface area (Å²) in [5.74, 6) is 21.2. The molecule has 9 rings (SSSR count). The first-order valence-corrected chi connectivity index (χ1v) is 63.6. The minimum atomic E-state index is 0.179. The molecule has 9 saturated heterocycles. The maximum atomic E-state index is 5.99. The van der Waals surface area contributed by atoms with E-state index in [4.69, 9.17) is 14.2 Å². The lowest BCUT2D eigenvalue weighted by molar-refractivity contribution is -0.137. The van der Waals surface area contributed by atoms with Gasteiger partial charge in [0.2, 0.25) is 0 Å². The Kier molecular flexibility index (Phi) is 104. The number of hydrogen-bond donors (Lipinski definition) is 3. The summed E-state index contributed by atoms with van der Waals surface area (Å²) in [7, 11) is 0. The third-order valence-corrected chi connectivity index (χ3v) is 37.0. The van der Waals surface area contributed by atoms with Gasteiger partial charge in [-0.15, -0.1) is 0 Å². The Bertz CT molecular complexity index is 1820. The first-order chi connectivity index (χ1) is 63.6. The number of hydrogen-bond acceptors (Lipinski definition) is 9. The Morgan fingerprint density at radius 1 is 0.221 bits per heavy atom. The fourth-order valence-corrected chi connectivity index (χ4v) is 27.6. The van der Waals surface area contributed by atoms with Gasteiger partial charge in [0, 0.05) is 43.3 Å². The van der Waals surface area contributed by atoms with Crippen LogP contribution in [0, 0.1) is 139 Å². The number of ether oxygens (including phenoxy) is 3. The molecule has 0 atom stereocenters. The van der Waals surface area contributed by atoms with Crippen LogP contribution in [0.4, 0.5) is 0 Å². The number of rotatable bonds is 18. The van der Waals surface area contributed by atoms with Gasteiger partial charge in [0.15, 0.2) is 0 Å². The van der Waals surface area contributed by atoms with Crippen molar-refractivity contribution in [2.75, 3.05) is 94.5 Å². The first-order valence-electron chi connectivity index (χ1n) is 60.3. The smallest absolute Gasteiger partial charge is 0.0728 e. The van der Waals surface area contributed by atoms with Crippen molar-refractivity contribution in [3.05, 3.63) is 0 Å².